The Labute approximate surface area is 133 Å². The van der Waals surface area contributed by atoms with Crippen molar-refractivity contribution < 1.29 is 0 Å². The van der Waals surface area contributed by atoms with Crippen LogP contribution in [0.25, 0.3) is 0 Å². The fourth-order valence-electron chi connectivity index (χ4n) is 2.78. The largest absolute Gasteiger partial charge is 0.0622 e. The lowest BCUT2D eigenvalue weighted by Gasteiger charge is -2.23. The van der Waals surface area contributed by atoms with E-state index in [9.17, 15) is 0 Å². The van der Waals surface area contributed by atoms with Crippen molar-refractivity contribution in [3.05, 3.63) is 96.1 Å². The van der Waals surface area contributed by atoms with Gasteiger partial charge in [0.25, 0.3) is 0 Å². The summed E-state index contributed by atoms with van der Waals surface area (Å²) in [5.41, 5.74) is 2.67. The zero-order valence-corrected chi connectivity index (χ0v) is 14.0. The van der Waals surface area contributed by atoms with E-state index >= 15 is 0 Å². The minimum Gasteiger partial charge on any atom is -0.0622 e. The van der Waals surface area contributed by atoms with Gasteiger partial charge in [0.1, 0.15) is 0 Å². The molecule has 3 aromatic carbocycles. The Hall–Kier alpha value is -2.04. The molecule has 0 aliphatic heterocycles. The van der Waals surface area contributed by atoms with Gasteiger partial charge in [-0.15, -0.1) is 0 Å². The van der Waals surface area contributed by atoms with Crippen molar-refractivity contribution in [3.63, 3.8) is 0 Å². The molecule has 110 valence electrons. The van der Waals surface area contributed by atoms with E-state index in [2.05, 4.69) is 104 Å². The first-order chi connectivity index (χ1) is 10.7. The molecular formula is C21H21P. The average Bonchev–Trinajstić information content (AvgIpc) is 2.58. The summed E-state index contributed by atoms with van der Waals surface area (Å²) in [5.74, 6) is 2.49. The van der Waals surface area contributed by atoms with Crippen LogP contribution in [0.5, 0.6) is 0 Å². The molecule has 0 unspecified atom stereocenters. The molecule has 0 N–H and O–H groups in total. The zero-order chi connectivity index (χ0) is 15.4. The molecule has 0 bridgehead atoms. The average molecular weight is 304 g/mol. The topological polar surface area (TPSA) is 0 Å². The monoisotopic (exact) mass is 304 g/mol. The molecule has 0 saturated heterocycles. The van der Waals surface area contributed by atoms with Gasteiger partial charge in [-0.3, -0.25) is 0 Å². The van der Waals surface area contributed by atoms with Gasteiger partial charge in [0.15, 0.2) is 0 Å². The van der Waals surface area contributed by atoms with Crippen LogP contribution in [0.1, 0.15) is 11.1 Å². The highest BCUT2D eigenvalue weighted by atomic mass is 31.2. The van der Waals surface area contributed by atoms with E-state index in [-0.39, 0.29) is 0 Å². The molecule has 0 saturated carbocycles. The van der Waals surface area contributed by atoms with Crippen LogP contribution in [0.2, 0.25) is 0 Å². The summed E-state index contributed by atoms with van der Waals surface area (Å²) < 4.78 is 0. The highest BCUT2D eigenvalue weighted by molar-refractivity contribution is 7.88. The van der Waals surface area contributed by atoms with E-state index in [1.54, 1.807) is 0 Å². The Morgan fingerprint density at radius 3 is 1.59 bits per heavy atom. The van der Waals surface area contributed by atoms with E-state index < -0.39 is 6.89 Å². The third-order valence-corrected chi connectivity index (χ3v) is 7.71. The van der Waals surface area contributed by atoms with Crippen molar-refractivity contribution in [3.8, 4) is 0 Å². The van der Waals surface area contributed by atoms with Crippen LogP contribution in [0.15, 0.2) is 84.9 Å². The van der Waals surface area contributed by atoms with Gasteiger partial charge in [-0.1, -0.05) is 91.8 Å². The fourth-order valence-corrected chi connectivity index (χ4v) is 5.81. The molecule has 0 nitrogen and oxygen atoms in total. The molecule has 0 aliphatic carbocycles. The lowest BCUT2D eigenvalue weighted by atomic mass is 10.1. The van der Waals surface area contributed by atoms with Gasteiger partial charge in [0.2, 0.25) is 0 Å². The second kappa shape index (κ2) is 6.38. The molecular weight excluding hydrogens is 283 g/mol. The van der Waals surface area contributed by atoms with E-state index in [4.69, 9.17) is 0 Å². The minimum atomic E-state index is -1.55. The molecule has 3 aromatic rings. The first kappa shape index (κ1) is 14.9. The van der Waals surface area contributed by atoms with Gasteiger partial charge in [-0.25, -0.2) is 0 Å². The Bertz CT molecular complexity index is 758. The number of hydrogen-bond acceptors (Lipinski definition) is 0. The zero-order valence-electron chi connectivity index (χ0n) is 13.1. The van der Waals surface area contributed by atoms with Crippen molar-refractivity contribution >= 4 is 23.3 Å². The summed E-state index contributed by atoms with van der Waals surface area (Å²) in [7, 11) is 0. The van der Waals surface area contributed by atoms with Gasteiger partial charge in [0.05, 0.1) is 0 Å². The molecule has 0 spiro atoms. The highest BCUT2D eigenvalue weighted by Gasteiger charge is 2.16. The Morgan fingerprint density at radius 1 is 0.636 bits per heavy atom. The number of rotatable bonds is 3. The summed E-state index contributed by atoms with van der Waals surface area (Å²) >= 11 is 0. The molecule has 0 amide bonds. The first-order valence-electron chi connectivity index (χ1n) is 7.59. The van der Waals surface area contributed by atoms with Crippen LogP contribution in [0.3, 0.4) is 0 Å². The fraction of sp³-hybridized carbons (Fsp3) is 0.0952. The summed E-state index contributed by atoms with van der Waals surface area (Å²) in [6.07, 6.45) is 0. The lowest BCUT2D eigenvalue weighted by molar-refractivity contribution is 1.46. The number of hydrogen-bond donors (Lipinski definition) is 0. The second-order valence-electron chi connectivity index (χ2n) is 5.73. The maximum absolute atomic E-state index is 2.49. The quantitative estimate of drug-likeness (QED) is 0.627. The van der Waals surface area contributed by atoms with E-state index in [1.807, 2.05) is 0 Å². The van der Waals surface area contributed by atoms with Gasteiger partial charge >= 0.3 is 0 Å². The number of aryl methyl sites for hydroxylation is 1. The van der Waals surface area contributed by atoms with Gasteiger partial charge in [-0.2, -0.15) is 0 Å². The van der Waals surface area contributed by atoms with E-state index in [1.165, 1.54) is 21.7 Å². The SMILES string of the molecule is Cc1ccccc1C=P(C)(c1ccccc1)c1ccccc1. The third kappa shape index (κ3) is 2.93. The smallest absolute Gasteiger partial charge is 0.0205 e. The molecule has 0 heterocycles. The van der Waals surface area contributed by atoms with Crippen LogP contribution >= 0.6 is 6.89 Å². The van der Waals surface area contributed by atoms with Crippen molar-refractivity contribution in [2.24, 2.45) is 0 Å². The maximum atomic E-state index is 2.49. The van der Waals surface area contributed by atoms with Gasteiger partial charge in [-0.05, 0) is 41.1 Å². The molecule has 22 heavy (non-hydrogen) atoms. The molecule has 0 aromatic heterocycles. The third-order valence-electron chi connectivity index (χ3n) is 4.17. The van der Waals surface area contributed by atoms with Gasteiger partial charge < -0.3 is 0 Å². The first-order valence-corrected chi connectivity index (χ1v) is 9.90. The molecule has 0 fully saturated rings. The molecule has 3 rings (SSSR count). The number of benzene rings is 3. The summed E-state index contributed by atoms with van der Waals surface area (Å²) in [6, 6.07) is 30.4. The van der Waals surface area contributed by atoms with Gasteiger partial charge in [0, 0.05) is 0 Å². The Morgan fingerprint density at radius 2 is 1.09 bits per heavy atom. The van der Waals surface area contributed by atoms with E-state index in [0.29, 0.717) is 0 Å². The Kier molecular flexibility index (Phi) is 4.32. The summed E-state index contributed by atoms with van der Waals surface area (Å²) in [5, 5.41) is 2.84. The van der Waals surface area contributed by atoms with Crippen molar-refractivity contribution in [1.82, 2.24) is 0 Å². The molecule has 1 heteroatoms. The molecule has 0 aliphatic rings. The predicted octanol–water partition coefficient (Wildman–Crippen LogP) is 4.44. The van der Waals surface area contributed by atoms with E-state index in [0.717, 1.165) is 0 Å². The minimum absolute atomic E-state index is 1.33. The van der Waals surface area contributed by atoms with Crippen LogP contribution in [-0.2, 0) is 0 Å². The predicted molar refractivity (Wildman–Crippen MR) is 101 cm³/mol. The van der Waals surface area contributed by atoms with Crippen LogP contribution < -0.4 is 10.6 Å². The lowest BCUT2D eigenvalue weighted by Crippen LogP contribution is -2.17. The standard InChI is InChI=1S/C21H21P/c1-18-11-9-10-12-19(18)17-22(2,20-13-5-3-6-14-20)21-15-7-4-8-16-21/h3-17H,1-2H3. The van der Waals surface area contributed by atoms with Crippen molar-refractivity contribution in [2.45, 2.75) is 6.92 Å². The highest BCUT2D eigenvalue weighted by Crippen LogP contribution is 2.41. The second-order valence-corrected chi connectivity index (χ2v) is 9.17. The van der Waals surface area contributed by atoms with Crippen molar-refractivity contribution in [1.29, 1.82) is 0 Å². The van der Waals surface area contributed by atoms with Crippen LogP contribution in [0.4, 0.5) is 0 Å². The maximum Gasteiger partial charge on any atom is -0.0205 e. The van der Waals surface area contributed by atoms with Crippen molar-refractivity contribution in [2.75, 3.05) is 6.66 Å². The summed E-state index contributed by atoms with van der Waals surface area (Å²) in [6.45, 7) is 3.05. The van der Waals surface area contributed by atoms with Crippen LogP contribution in [0, 0.1) is 6.92 Å². The summed E-state index contributed by atoms with van der Waals surface area (Å²) in [4.78, 5) is 0. The normalized spacial score (nSPS) is 11.2. The molecule has 0 radical (unpaired) electrons. The van der Waals surface area contributed by atoms with Crippen LogP contribution in [-0.4, -0.2) is 12.5 Å². The molecule has 0 atom stereocenters. The Balaban J connectivity index is 2.27.